The van der Waals surface area contributed by atoms with Gasteiger partial charge in [-0.3, -0.25) is 4.90 Å². The summed E-state index contributed by atoms with van der Waals surface area (Å²) >= 11 is 1.85. The molecule has 0 amide bonds. The van der Waals surface area contributed by atoms with Gasteiger partial charge in [0.2, 0.25) is 0 Å². The van der Waals surface area contributed by atoms with Crippen molar-refractivity contribution in [2.45, 2.75) is 13.0 Å². The Morgan fingerprint density at radius 1 is 1.17 bits per heavy atom. The topological polar surface area (TPSA) is 28.6 Å². The molecule has 122 valence electrons. The average molecular weight is 329 g/mol. The molecule has 0 aliphatic carbocycles. The summed E-state index contributed by atoms with van der Waals surface area (Å²) < 4.78 is 5.98. The molecule has 4 rings (SSSR count). The van der Waals surface area contributed by atoms with Crippen molar-refractivity contribution in [1.82, 2.24) is 9.88 Å². The molecular weight excluding hydrogens is 306 g/mol. The van der Waals surface area contributed by atoms with Crippen LogP contribution in [0.2, 0.25) is 0 Å². The van der Waals surface area contributed by atoms with E-state index in [2.05, 4.69) is 44.4 Å². The number of hydrogen-bond donors (Lipinski definition) is 0. The minimum absolute atomic E-state index is 0.241. The van der Waals surface area contributed by atoms with Crippen molar-refractivity contribution in [3.63, 3.8) is 0 Å². The maximum Gasteiger partial charge on any atom is 0.128 e. The van der Waals surface area contributed by atoms with E-state index in [9.17, 15) is 0 Å². The lowest BCUT2D eigenvalue weighted by molar-refractivity contribution is 0.0798. The van der Waals surface area contributed by atoms with Crippen LogP contribution in [-0.2, 0) is 11.3 Å². The molecule has 2 aromatic rings. The fourth-order valence-electron chi connectivity index (χ4n) is 3.76. The number of ether oxygens (including phenoxy) is 1. The zero-order valence-electron chi connectivity index (χ0n) is 13.4. The lowest BCUT2D eigenvalue weighted by Gasteiger charge is -2.31. The first kappa shape index (κ1) is 15.1. The Kier molecular flexibility index (Phi) is 4.33. The Bertz CT molecular complexity index is 618. The third-order valence-corrected chi connectivity index (χ3v) is 5.75. The predicted molar refractivity (Wildman–Crippen MR) is 93.9 cm³/mol. The van der Waals surface area contributed by atoms with Crippen LogP contribution in [0.25, 0.3) is 0 Å². The van der Waals surface area contributed by atoms with Crippen molar-refractivity contribution >= 4 is 17.2 Å². The molecule has 0 saturated carbocycles. The van der Waals surface area contributed by atoms with Crippen LogP contribution in [0.3, 0.4) is 0 Å². The summed E-state index contributed by atoms with van der Waals surface area (Å²) in [6.45, 7) is 7.04. The highest BCUT2D eigenvalue weighted by atomic mass is 32.1. The monoisotopic (exact) mass is 329 g/mol. The highest BCUT2D eigenvalue weighted by molar-refractivity contribution is 7.09. The molecule has 0 unspecified atom stereocenters. The van der Waals surface area contributed by atoms with E-state index in [0.717, 1.165) is 51.8 Å². The van der Waals surface area contributed by atoms with Gasteiger partial charge in [0.05, 0.1) is 13.2 Å². The van der Waals surface area contributed by atoms with Crippen molar-refractivity contribution in [3.05, 3.63) is 46.8 Å². The van der Waals surface area contributed by atoms with Crippen LogP contribution in [0.1, 0.15) is 11.3 Å². The molecule has 0 aromatic carbocycles. The zero-order chi connectivity index (χ0) is 15.5. The van der Waals surface area contributed by atoms with Gasteiger partial charge >= 0.3 is 0 Å². The van der Waals surface area contributed by atoms with E-state index < -0.39 is 0 Å². The maximum atomic E-state index is 5.98. The summed E-state index contributed by atoms with van der Waals surface area (Å²) in [6, 6.07) is 10.5. The quantitative estimate of drug-likeness (QED) is 0.866. The lowest BCUT2D eigenvalue weighted by atomic mass is 9.87. The SMILES string of the molecule is c1ccc(N2CC[C@]3(COCCN(Cc4cccs4)C3)C2)nc1. The lowest BCUT2D eigenvalue weighted by Crippen LogP contribution is -2.40. The van der Waals surface area contributed by atoms with Crippen LogP contribution in [0.15, 0.2) is 41.9 Å². The molecule has 5 heteroatoms. The zero-order valence-corrected chi connectivity index (χ0v) is 14.2. The third kappa shape index (κ3) is 3.42. The van der Waals surface area contributed by atoms with Crippen LogP contribution in [0.4, 0.5) is 5.82 Å². The summed E-state index contributed by atoms with van der Waals surface area (Å²) in [5.41, 5.74) is 0.241. The molecule has 23 heavy (non-hydrogen) atoms. The molecule has 0 radical (unpaired) electrons. The first-order valence-corrected chi connectivity index (χ1v) is 9.20. The van der Waals surface area contributed by atoms with Gasteiger partial charge in [-0.25, -0.2) is 4.98 Å². The van der Waals surface area contributed by atoms with E-state index in [0.29, 0.717) is 0 Å². The first-order valence-electron chi connectivity index (χ1n) is 8.32. The summed E-state index contributed by atoms with van der Waals surface area (Å²) in [5, 5.41) is 2.16. The van der Waals surface area contributed by atoms with Crippen molar-refractivity contribution in [2.75, 3.05) is 44.3 Å². The van der Waals surface area contributed by atoms with Crippen LogP contribution < -0.4 is 4.90 Å². The molecule has 0 bridgehead atoms. The third-order valence-electron chi connectivity index (χ3n) is 4.89. The molecule has 4 heterocycles. The molecule has 2 fully saturated rings. The maximum absolute atomic E-state index is 5.98. The Balaban J connectivity index is 1.46. The molecule has 2 aromatic heterocycles. The fraction of sp³-hybridized carbons (Fsp3) is 0.500. The molecule has 1 atom stereocenters. The van der Waals surface area contributed by atoms with Gasteiger partial charge in [0.25, 0.3) is 0 Å². The Morgan fingerprint density at radius 3 is 3.00 bits per heavy atom. The van der Waals surface area contributed by atoms with Crippen molar-refractivity contribution < 1.29 is 4.74 Å². The second-order valence-corrected chi connectivity index (χ2v) is 7.73. The second-order valence-electron chi connectivity index (χ2n) is 6.70. The number of nitrogens with zero attached hydrogens (tertiary/aromatic N) is 3. The largest absolute Gasteiger partial charge is 0.379 e. The van der Waals surface area contributed by atoms with Gasteiger partial charge in [-0.2, -0.15) is 0 Å². The van der Waals surface area contributed by atoms with E-state index in [1.165, 1.54) is 11.3 Å². The van der Waals surface area contributed by atoms with Crippen LogP contribution in [0, 0.1) is 5.41 Å². The van der Waals surface area contributed by atoms with Crippen LogP contribution in [-0.4, -0.2) is 49.3 Å². The van der Waals surface area contributed by atoms with Gasteiger partial charge in [0.15, 0.2) is 0 Å². The minimum atomic E-state index is 0.241. The van der Waals surface area contributed by atoms with Crippen molar-refractivity contribution in [3.8, 4) is 0 Å². The number of aromatic nitrogens is 1. The molecule has 2 aliphatic rings. The minimum Gasteiger partial charge on any atom is -0.379 e. The highest BCUT2D eigenvalue weighted by Gasteiger charge is 2.41. The normalized spacial score (nSPS) is 25.8. The molecule has 4 nitrogen and oxygen atoms in total. The second kappa shape index (κ2) is 6.59. The number of anilines is 1. The van der Waals surface area contributed by atoms with Gasteiger partial charge in [0.1, 0.15) is 5.82 Å². The van der Waals surface area contributed by atoms with Gasteiger partial charge in [-0.1, -0.05) is 12.1 Å². The number of pyridine rings is 1. The van der Waals surface area contributed by atoms with E-state index in [1.807, 2.05) is 23.6 Å². The molecular formula is C18H23N3OS. The predicted octanol–water partition coefficient (Wildman–Crippen LogP) is 2.87. The number of hydrogen-bond acceptors (Lipinski definition) is 5. The summed E-state index contributed by atoms with van der Waals surface area (Å²) in [4.78, 5) is 10.9. The van der Waals surface area contributed by atoms with E-state index in [-0.39, 0.29) is 5.41 Å². The fourth-order valence-corrected chi connectivity index (χ4v) is 4.50. The van der Waals surface area contributed by atoms with E-state index in [4.69, 9.17) is 4.74 Å². The molecule has 2 aliphatic heterocycles. The average Bonchev–Trinajstić information content (AvgIpc) is 3.18. The Labute approximate surface area is 141 Å². The van der Waals surface area contributed by atoms with E-state index >= 15 is 0 Å². The van der Waals surface area contributed by atoms with Gasteiger partial charge < -0.3 is 9.64 Å². The van der Waals surface area contributed by atoms with Crippen molar-refractivity contribution in [1.29, 1.82) is 0 Å². The number of thiophene rings is 1. The van der Waals surface area contributed by atoms with Crippen LogP contribution in [0.5, 0.6) is 0 Å². The first-order chi connectivity index (χ1) is 11.3. The Hall–Kier alpha value is -1.43. The smallest absolute Gasteiger partial charge is 0.128 e. The standard InChI is InChI=1S/C18H23N3OS/c1-2-7-19-17(5-1)21-8-6-18(14-21)13-20(9-10-22-15-18)12-16-4-3-11-23-16/h1-5,7,11H,6,8-10,12-15H2/t18-/m1/s1. The molecule has 2 saturated heterocycles. The highest BCUT2D eigenvalue weighted by Crippen LogP contribution is 2.35. The van der Waals surface area contributed by atoms with E-state index in [1.54, 1.807) is 0 Å². The van der Waals surface area contributed by atoms with Crippen LogP contribution >= 0.6 is 11.3 Å². The summed E-state index contributed by atoms with van der Waals surface area (Å²) in [5.74, 6) is 1.10. The molecule has 1 spiro atoms. The van der Waals surface area contributed by atoms with Crippen molar-refractivity contribution in [2.24, 2.45) is 5.41 Å². The number of rotatable bonds is 3. The van der Waals surface area contributed by atoms with Gasteiger partial charge in [-0.15, -0.1) is 11.3 Å². The summed E-state index contributed by atoms with van der Waals surface area (Å²) in [6.07, 6.45) is 3.07. The van der Waals surface area contributed by atoms with Gasteiger partial charge in [-0.05, 0) is 30.0 Å². The Morgan fingerprint density at radius 2 is 2.17 bits per heavy atom. The molecule has 0 N–H and O–H groups in total. The summed E-state index contributed by atoms with van der Waals surface area (Å²) in [7, 11) is 0. The van der Waals surface area contributed by atoms with Gasteiger partial charge in [0, 0.05) is 49.2 Å².